The highest BCUT2D eigenvalue weighted by Gasteiger charge is 2.30. The molecule has 0 saturated carbocycles. The van der Waals surface area contributed by atoms with Crippen molar-refractivity contribution in [1.29, 1.82) is 0 Å². The molecule has 1 amide bonds. The van der Waals surface area contributed by atoms with Gasteiger partial charge in [0.1, 0.15) is 0 Å². The molecule has 6 heteroatoms. The topological polar surface area (TPSA) is 66.8 Å². The number of likely N-dealkylation sites (tertiary alicyclic amines) is 1. The molecule has 0 radical (unpaired) electrons. The highest BCUT2D eigenvalue weighted by atomic mass is 16.2. The quantitative estimate of drug-likeness (QED) is 0.494. The predicted molar refractivity (Wildman–Crippen MR) is 127 cm³/mol. The molecule has 1 aliphatic rings. The van der Waals surface area contributed by atoms with E-state index in [0.29, 0.717) is 12.1 Å². The number of hydrogen-bond donors (Lipinski definition) is 1. The number of nitrogens with zero attached hydrogens (tertiary/aromatic N) is 4. The Morgan fingerprint density at radius 1 is 1.25 bits per heavy atom. The summed E-state index contributed by atoms with van der Waals surface area (Å²) in [6, 6.07) is 10.6. The second kappa shape index (κ2) is 8.26. The van der Waals surface area contributed by atoms with Crippen LogP contribution in [0.4, 0.5) is 0 Å². The average molecular weight is 428 g/mol. The molecular weight excluding hydrogens is 398 g/mol. The predicted octanol–water partition coefficient (Wildman–Crippen LogP) is 5.08. The molecule has 1 atom stereocenters. The summed E-state index contributed by atoms with van der Waals surface area (Å²) in [5, 5.41) is 5.69. The van der Waals surface area contributed by atoms with Gasteiger partial charge in [-0.3, -0.25) is 14.5 Å². The summed E-state index contributed by atoms with van der Waals surface area (Å²) in [7, 11) is 0. The molecule has 0 aliphatic carbocycles. The van der Waals surface area contributed by atoms with Crippen LogP contribution >= 0.6 is 0 Å². The van der Waals surface area contributed by atoms with E-state index in [1.807, 2.05) is 48.1 Å². The Hall–Kier alpha value is -3.41. The normalized spacial score (nSPS) is 16.6. The molecule has 0 spiro atoms. The first-order chi connectivity index (χ1) is 15.5. The van der Waals surface area contributed by atoms with E-state index in [9.17, 15) is 4.79 Å². The third-order valence-electron chi connectivity index (χ3n) is 6.55. The number of carbonyl (C=O) groups excluding carboxylic acids is 1. The van der Waals surface area contributed by atoms with Gasteiger partial charge in [0.2, 0.25) is 0 Å². The lowest BCUT2D eigenvalue weighted by Crippen LogP contribution is -2.39. The highest BCUT2D eigenvalue weighted by molar-refractivity contribution is 5.98. The smallest absolute Gasteiger partial charge is 0.257 e. The lowest BCUT2D eigenvalue weighted by Gasteiger charge is -2.33. The summed E-state index contributed by atoms with van der Waals surface area (Å²) in [6.07, 6.45) is 7.66. The molecule has 4 heterocycles. The van der Waals surface area contributed by atoms with Gasteiger partial charge in [0.25, 0.3) is 5.91 Å². The van der Waals surface area contributed by atoms with E-state index in [-0.39, 0.29) is 11.8 Å². The Morgan fingerprint density at radius 3 is 2.88 bits per heavy atom. The van der Waals surface area contributed by atoms with Crippen molar-refractivity contribution >= 4 is 16.8 Å². The molecule has 6 nitrogen and oxygen atoms in total. The zero-order chi connectivity index (χ0) is 22.2. The zero-order valence-corrected chi connectivity index (χ0v) is 18.9. The SMILES string of the molecule is CCn1cc(C(=O)N2CCC[C@@H](c3[nH]c4ccc(C)cc4c3-c3cccnc3)C2)c(C)n1. The van der Waals surface area contributed by atoms with E-state index < -0.39 is 0 Å². The maximum Gasteiger partial charge on any atom is 0.257 e. The number of H-pyrrole nitrogens is 1. The molecule has 4 aromatic rings. The number of carbonyl (C=O) groups is 1. The number of nitrogens with one attached hydrogen (secondary N) is 1. The summed E-state index contributed by atoms with van der Waals surface area (Å²) < 4.78 is 1.84. The first kappa shape index (κ1) is 20.5. The van der Waals surface area contributed by atoms with Gasteiger partial charge in [0, 0.05) is 71.9 Å². The Kier molecular flexibility index (Phi) is 5.29. The Balaban J connectivity index is 1.52. The Bertz CT molecular complexity index is 1270. The Morgan fingerprint density at radius 2 is 2.12 bits per heavy atom. The summed E-state index contributed by atoms with van der Waals surface area (Å²) in [4.78, 5) is 23.4. The number of aromatic nitrogens is 4. The van der Waals surface area contributed by atoms with E-state index in [4.69, 9.17) is 0 Å². The number of piperidine rings is 1. The second-order valence-electron chi connectivity index (χ2n) is 8.78. The summed E-state index contributed by atoms with van der Waals surface area (Å²) >= 11 is 0. The first-order valence-corrected chi connectivity index (χ1v) is 11.4. The van der Waals surface area contributed by atoms with Gasteiger partial charge in [-0.25, -0.2) is 0 Å². The van der Waals surface area contributed by atoms with Crippen LogP contribution in [0.1, 0.15) is 53.0 Å². The van der Waals surface area contributed by atoms with Crippen molar-refractivity contribution in [3.63, 3.8) is 0 Å². The third-order valence-corrected chi connectivity index (χ3v) is 6.55. The fourth-order valence-corrected chi connectivity index (χ4v) is 4.91. The van der Waals surface area contributed by atoms with Gasteiger partial charge in [0.15, 0.2) is 0 Å². The molecule has 0 bridgehead atoms. The molecule has 0 unspecified atom stereocenters. The van der Waals surface area contributed by atoms with Crippen molar-refractivity contribution < 1.29 is 4.79 Å². The van der Waals surface area contributed by atoms with Gasteiger partial charge in [-0.2, -0.15) is 5.10 Å². The monoisotopic (exact) mass is 427 g/mol. The fraction of sp³-hybridized carbons (Fsp3) is 0.346. The van der Waals surface area contributed by atoms with E-state index in [1.54, 1.807) is 0 Å². The molecule has 1 saturated heterocycles. The first-order valence-electron chi connectivity index (χ1n) is 11.4. The highest BCUT2D eigenvalue weighted by Crippen LogP contribution is 2.39. The number of amides is 1. The number of benzene rings is 1. The van der Waals surface area contributed by atoms with Gasteiger partial charge >= 0.3 is 0 Å². The van der Waals surface area contributed by atoms with Gasteiger partial charge in [-0.15, -0.1) is 0 Å². The van der Waals surface area contributed by atoms with Gasteiger partial charge in [-0.1, -0.05) is 17.7 Å². The van der Waals surface area contributed by atoms with Crippen LogP contribution in [-0.4, -0.2) is 43.6 Å². The Labute approximate surface area is 188 Å². The summed E-state index contributed by atoms with van der Waals surface area (Å²) in [5.74, 6) is 0.332. The number of fused-ring (bicyclic) bond motifs is 1. The molecule has 164 valence electrons. The largest absolute Gasteiger partial charge is 0.358 e. The van der Waals surface area contributed by atoms with Crippen molar-refractivity contribution in [3.05, 3.63) is 71.4 Å². The summed E-state index contributed by atoms with van der Waals surface area (Å²) in [6.45, 7) is 8.33. The lowest BCUT2D eigenvalue weighted by molar-refractivity contribution is 0.0705. The summed E-state index contributed by atoms with van der Waals surface area (Å²) in [5.41, 5.74) is 7.42. The number of hydrogen-bond acceptors (Lipinski definition) is 3. The molecule has 5 rings (SSSR count). The molecule has 32 heavy (non-hydrogen) atoms. The molecule has 1 aromatic carbocycles. The maximum absolute atomic E-state index is 13.4. The van der Waals surface area contributed by atoms with Crippen molar-refractivity contribution in [2.24, 2.45) is 0 Å². The number of aryl methyl sites for hydroxylation is 3. The van der Waals surface area contributed by atoms with Crippen molar-refractivity contribution in [1.82, 2.24) is 24.6 Å². The molecule has 1 fully saturated rings. The minimum absolute atomic E-state index is 0.0850. The molecule has 3 aromatic heterocycles. The van der Waals surface area contributed by atoms with E-state index in [0.717, 1.165) is 42.7 Å². The zero-order valence-electron chi connectivity index (χ0n) is 18.9. The van der Waals surface area contributed by atoms with Gasteiger partial charge in [-0.05, 0) is 51.8 Å². The molecule has 1 aliphatic heterocycles. The molecular formula is C26H29N5O. The van der Waals surface area contributed by atoms with Crippen LogP contribution < -0.4 is 0 Å². The minimum Gasteiger partial charge on any atom is -0.358 e. The van der Waals surface area contributed by atoms with Gasteiger partial charge < -0.3 is 9.88 Å². The van der Waals surface area contributed by atoms with Crippen LogP contribution in [0.5, 0.6) is 0 Å². The molecule has 1 N–H and O–H groups in total. The van der Waals surface area contributed by atoms with Crippen LogP contribution in [0.3, 0.4) is 0 Å². The van der Waals surface area contributed by atoms with E-state index in [1.165, 1.54) is 22.2 Å². The average Bonchev–Trinajstić information content (AvgIpc) is 3.39. The van der Waals surface area contributed by atoms with Crippen molar-refractivity contribution in [2.75, 3.05) is 13.1 Å². The van der Waals surface area contributed by atoms with Crippen LogP contribution in [0.15, 0.2) is 48.9 Å². The number of aromatic amines is 1. The standard InChI is InChI=1S/C26H29N5O/c1-4-31-16-22(18(3)29-31)26(32)30-12-6-8-20(15-30)25-24(19-7-5-11-27-14-19)21-13-17(2)9-10-23(21)28-25/h5,7,9-11,13-14,16,20,28H,4,6,8,12,15H2,1-3H3/t20-/m1/s1. The fourth-order valence-electron chi connectivity index (χ4n) is 4.91. The number of pyridine rings is 1. The van der Waals surface area contributed by atoms with Crippen molar-refractivity contribution in [3.8, 4) is 11.1 Å². The maximum atomic E-state index is 13.4. The van der Waals surface area contributed by atoms with Crippen LogP contribution in [0.2, 0.25) is 0 Å². The second-order valence-corrected chi connectivity index (χ2v) is 8.78. The minimum atomic E-state index is 0.0850. The number of rotatable bonds is 4. The third kappa shape index (κ3) is 3.60. The van der Waals surface area contributed by atoms with Crippen molar-refractivity contribution in [2.45, 2.75) is 46.1 Å². The van der Waals surface area contributed by atoms with Crippen LogP contribution in [0.25, 0.3) is 22.0 Å². The lowest BCUT2D eigenvalue weighted by atomic mass is 9.89. The van der Waals surface area contributed by atoms with E-state index >= 15 is 0 Å². The van der Waals surface area contributed by atoms with Crippen LogP contribution in [0, 0.1) is 13.8 Å². The van der Waals surface area contributed by atoms with Crippen LogP contribution in [-0.2, 0) is 6.54 Å². The van der Waals surface area contributed by atoms with E-state index in [2.05, 4.69) is 46.3 Å². The van der Waals surface area contributed by atoms with Gasteiger partial charge in [0.05, 0.1) is 11.3 Å².